The average Bonchev–Trinajstić information content (AvgIpc) is 2.38. The van der Waals surface area contributed by atoms with Crippen molar-refractivity contribution in [1.82, 2.24) is 0 Å². The molecule has 0 spiro atoms. The van der Waals surface area contributed by atoms with Crippen LogP contribution in [-0.4, -0.2) is 49.6 Å². The van der Waals surface area contributed by atoms with Crippen molar-refractivity contribution in [3.05, 3.63) is 29.8 Å². The van der Waals surface area contributed by atoms with Gasteiger partial charge < -0.3 is 25.7 Å². The molecule has 0 aromatic heterocycles. The van der Waals surface area contributed by atoms with Crippen molar-refractivity contribution in [1.29, 1.82) is 0 Å². The summed E-state index contributed by atoms with van der Waals surface area (Å²) in [7, 11) is 3.42. The molecule has 1 atom stereocenters. The van der Waals surface area contributed by atoms with Crippen molar-refractivity contribution >= 4 is 11.5 Å². The number of amidine groups is 1. The van der Waals surface area contributed by atoms with E-state index < -0.39 is 6.10 Å². The third-order valence-corrected chi connectivity index (χ3v) is 2.56. The van der Waals surface area contributed by atoms with Crippen LogP contribution in [0.25, 0.3) is 0 Å². The fraction of sp³-hybridized carbons (Fsp3) is 0.417. The fourth-order valence-corrected chi connectivity index (χ4v) is 1.61. The van der Waals surface area contributed by atoms with Crippen molar-refractivity contribution in [2.45, 2.75) is 6.10 Å². The third kappa shape index (κ3) is 3.90. The van der Waals surface area contributed by atoms with E-state index in [1.807, 2.05) is 24.1 Å². The van der Waals surface area contributed by atoms with Gasteiger partial charge in [-0.3, -0.25) is 0 Å². The second-order valence-electron chi connectivity index (χ2n) is 4.02. The van der Waals surface area contributed by atoms with Gasteiger partial charge in [-0.15, -0.1) is 0 Å². The summed E-state index contributed by atoms with van der Waals surface area (Å²) in [5.41, 5.74) is 7.05. The fourth-order valence-electron chi connectivity index (χ4n) is 1.61. The van der Waals surface area contributed by atoms with Gasteiger partial charge in [0.05, 0.1) is 12.7 Å². The second kappa shape index (κ2) is 6.83. The molecule has 0 saturated carbocycles. The molecule has 1 rings (SSSR count). The van der Waals surface area contributed by atoms with E-state index in [0.29, 0.717) is 18.7 Å². The van der Waals surface area contributed by atoms with Crippen LogP contribution in [0.4, 0.5) is 5.69 Å². The van der Waals surface area contributed by atoms with Gasteiger partial charge >= 0.3 is 0 Å². The molecule has 0 radical (unpaired) electrons. The van der Waals surface area contributed by atoms with Crippen molar-refractivity contribution in [2.75, 3.05) is 32.2 Å². The van der Waals surface area contributed by atoms with Crippen LogP contribution in [0.2, 0.25) is 0 Å². The van der Waals surface area contributed by atoms with Gasteiger partial charge in [-0.1, -0.05) is 5.16 Å². The van der Waals surface area contributed by atoms with Gasteiger partial charge in [-0.05, 0) is 24.3 Å². The molecule has 6 heteroatoms. The number of nitrogens with two attached hydrogens (primary N) is 1. The summed E-state index contributed by atoms with van der Waals surface area (Å²) in [6.45, 7) is 0.767. The molecule has 6 nitrogen and oxygen atoms in total. The zero-order valence-corrected chi connectivity index (χ0v) is 10.6. The lowest BCUT2D eigenvalue weighted by molar-refractivity contribution is 0.0695. The van der Waals surface area contributed by atoms with E-state index >= 15 is 0 Å². The number of nitrogens with zero attached hydrogens (tertiary/aromatic N) is 2. The number of aliphatic hydroxyl groups excluding tert-OH is 1. The standard InChI is InChI=1S/C12H19N3O3/c1-15(7-11(16)8-18-2)10-5-3-9(4-6-10)12(13)14-17/h3-6,11,16-17H,7-8H2,1-2H3,(H2,13,14). The molecule has 4 N–H and O–H groups in total. The Morgan fingerprint density at radius 2 is 2.06 bits per heavy atom. The minimum atomic E-state index is -0.538. The van der Waals surface area contributed by atoms with Crippen LogP contribution in [-0.2, 0) is 4.74 Å². The molecule has 0 aliphatic carbocycles. The molecule has 1 aromatic carbocycles. The van der Waals surface area contributed by atoms with Gasteiger partial charge in [-0.25, -0.2) is 0 Å². The molecule has 0 saturated heterocycles. The number of benzene rings is 1. The lowest BCUT2D eigenvalue weighted by Crippen LogP contribution is -2.31. The van der Waals surface area contributed by atoms with Crippen LogP contribution in [0.3, 0.4) is 0 Å². The Balaban J connectivity index is 2.67. The lowest BCUT2D eigenvalue weighted by atomic mass is 10.2. The van der Waals surface area contributed by atoms with Crippen LogP contribution >= 0.6 is 0 Å². The number of rotatable bonds is 6. The molecule has 1 aromatic rings. The molecule has 0 aliphatic heterocycles. The van der Waals surface area contributed by atoms with Crippen molar-refractivity contribution in [2.24, 2.45) is 10.9 Å². The van der Waals surface area contributed by atoms with Gasteiger partial charge in [0.25, 0.3) is 0 Å². The maximum Gasteiger partial charge on any atom is 0.170 e. The predicted octanol–water partition coefficient (Wildman–Crippen LogP) is 0.225. The van der Waals surface area contributed by atoms with Gasteiger partial charge in [0.1, 0.15) is 0 Å². The molecule has 1 unspecified atom stereocenters. The summed E-state index contributed by atoms with van der Waals surface area (Å²) in [6, 6.07) is 7.19. The van der Waals surface area contributed by atoms with Crippen LogP contribution in [0.1, 0.15) is 5.56 Å². The zero-order chi connectivity index (χ0) is 13.5. The number of ether oxygens (including phenoxy) is 1. The van der Waals surface area contributed by atoms with Crippen LogP contribution < -0.4 is 10.6 Å². The molecule has 0 aliphatic rings. The van der Waals surface area contributed by atoms with E-state index in [1.54, 1.807) is 19.2 Å². The first-order chi connectivity index (χ1) is 8.58. The largest absolute Gasteiger partial charge is 0.409 e. The van der Waals surface area contributed by atoms with E-state index in [4.69, 9.17) is 15.7 Å². The summed E-state index contributed by atoms with van der Waals surface area (Å²) in [5, 5.41) is 21.1. The van der Waals surface area contributed by atoms with Gasteiger partial charge in [-0.2, -0.15) is 0 Å². The first-order valence-corrected chi connectivity index (χ1v) is 5.54. The number of oxime groups is 1. The summed E-state index contributed by atoms with van der Waals surface area (Å²) in [6.07, 6.45) is -0.538. The Bertz CT molecular complexity index is 392. The first-order valence-electron chi connectivity index (χ1n) is 5.54. The lowest BCUT2D eigenvalue weighted by Gasteiger charge is -2.22. The number of likely N-dealkylation sites (N-methyl/N-ethyl adjacent to an activating group) is 1. The highest BCUT2D eigenvalue weighted by Gasteiger charge is 2.09. The Hall–Kier alpha value is -1.79. The molecule has 0 bridgehead atoms. The number of methoxy groups -OCH3 is 1. The maximum atomic E-state index is 9.62. The predicted molar refractivity (Wildman–Crippen MR) is 70.1 cm³/mol. The zero-order valence-electron chi connectivity index (χ0n) is 10.6. The van der Waals surface area contributed by atoms with E-state index in [0.717, 1.165) is 5.69 Å². The van der Waals surface area contributed by atoms with Gasteiger partial charge in [0.2, 0.25) is 0 Å². The van der Waals surface area contributed by atoms with Crippen LogP contribution in [0, 0.1) is 0 Å². The van der Waals surface area contributed by atoms with Gasteiger partial charge in [0.15, 0.2) is 5.84 Å². The van der Waals surface area contributed by atoms with E-state index in [2.05, 4.69) is 5.16 Å². The SMILES string of the molecule is COCC(O)CN(C)c1ccc(/C(N)=N/O)cc1. The highest BCUT2D eigenvalue weighted by atomic mass is 16.5. The van der Waals surface area contributed by atoms with Crippen LogP contribution in [0.5, 0.6) is 0 Å². The molecule has 0 heterocycles. The Morgan fingerprint density at radius 1 is 1.44 bits per heavy atom. The summed E-state index contributed by atoms with van der Waals surface area (Å²) >= 11 is 0. The minimum Gasteiger partial charge on any atom is -0.409 e. The van der Waals surface area contributed by atoms with Crippen LogP contribution in [0.15, 0.2) is 29.4 Å². The molecule has 100 valence electrons. The second-order valence-corrected chi connectivity index (χ2v) is 4.02. The summed E-state index contributed by atoms with van der Waals surface area (Å²) in [5.74, 6) is 0.0728. The number of anilines is 1. The number of hydrogen-bond acceptors (Lipinski definition) is 5. The molecule has 18 heavy (non-hydrogen) atoms. The van der Waals surface area contributed by atoms with E-state index in [9.17, 15) is 5.11 Å². The molecule has 0 amide bonds. The number of aliphatic hydroxyl groups is 1. The normalized spacial score (nSPS) is 13.4. The topological polar surface area (TPSA) is 91.3 Å². The number of hydrogen-bond donors (Lipinski definition) is 3. The quantitative estimate of drug-likeness (QED) is 0.292. The van der Waals surface area contributed by atoms with Crippen molar-refractivity contribution in [3.8, 4) is 0 Å². The molecular formula is C12H19N3O3. The molecular weight excluding hydrogens is 234 g/mol. The van der Waals surface area contributed by atoms with E-state index in [-0.39, 0.29) is 5.84 Å². The first kappa shape index (κ1) is 14.3. The van der Waals surface area contributed by atoms with Gasteiger partial charge in [0, 0.05) is 32.0 Å². The van der Waals surface area contributed by atoms with E-state index in [1.165, 1.54) is 0 Å². The Kier molecular flexibility index (Phi) is 5.41. The Morgan fingerprint density at radius 3 is 2.56 bits per heavy atom. The maximum absolute atomic E-state index is 9.62. The summed E-state index contributed by atoms with van der Waals surface area (Å²) in [4.78, 5) is 1.90. The van der Waals surface area contributed by atoms with Crippen molar-refractivity contribution in [3.63, 3.8) is 0 Å². The average molecular weight is 253 g/mol. The summed E-state index contributed by atoms with van der Waals surface area (Å²) < 4.78 is 4.87. The highest BCUT2D eigenvalue weighted by Crippen LogP contribution is 2.14. The third-order valence-electron chi connectivity index (χ3n) is 2.56. The van der Waals surface area contributed by atoms with Crippen molar-refractivity contribution < 1.29 is 15.1 Å². The minimum absolute atomic E-state index is 0.0728. The Labute approximate surface area is 106 Å². The molecule has 0 fully saturated rings. The smallest absolute Gasteiger partial charge is 0.170 e. The monoisotopic (exact) mass is 253 g/mol. The highest BCUT2D eigenvalue weighted by molar-refractivity contribution is 5.97.